The van der Waals surface area contributed by atoms with Crippen molar-refractivity contribution in [2.75, 3.05) is 25.6 Å². The van der Waals surface area contributed by atoms with Gasteiger partial charge in [0.05, 0.1) is 31.3 Å². The molecule has 1 aromatic rings. The normalized spacial score (nSPS) is 28.2. The fourth-order valence-electron chi connectivity index (χ4n) is 8.35. The van der Waals surface area contributed by atoms with Crippen molar-refractivity contribution in [1.29, 1.82) is 0 Å². The molecule has 0 aliphatic carbocycles. The number of phosphoric ester groups is 2. The summed E-state index contributed by atoms with van der Waals surface area (Å²) in [6, 6.07) is 1.28. The maximum absolute atomic E-state index is 13.8. The summed E-state index contributed by atoms with van der Waals surface area (Å²) in [5, 5.41) is 33.9. The van der Waals surface area contributed by atoms with Gasteiger partial charge >= 0.3 is 33.3 Å². The number of carbonyl (C=O) groups excluding carboxylic acids is 3. The lowest BCUT2D eigenvalue weighted by Gasteiger charge is -2.36. The summed E-state index contributed by atoms with van der Waals surface area (Å²) in [7, 11) is -11.3. The van der Waals surface area contributed by atoms with Gasteiger partial charge in [0.2, 0.25) is 0 Å². The van der Waals surface area contributed by atoms with E-state index in [0.717, 1.165) is 81.3 Å². The SMILES string of the molecule is CCCCCC/C=C\C/C=C\C/C=C\CCCCCCCCC(=O)O[C@@H]1COC(=O)CCC/C=C\C[C@H]2/C=C\C(=O)[C@H](C=C[C@@H](O)CCCCC)[C@H](O)[C@H](O)[C@@H](COP(=O)(O)OP(=O)(O)OC1)O[C@H]2n1ccc(N)nc1=O. The first kappa shape index (κ1) is 67.1. The van der Waals surface area contributed by atoms with Crippen molar-refractivity contribution in [1.82, 2.24) is 9.55 Å². The summed E-state index contributed by atoms with van der Waals surface area (Å²) in [6.45, 7) is 1.53. The number of nitrogen functional groups attached to an aromatic ring is 1. The first-order valence-corrected chi connectivity index (χ1v) is 30.5. The number of cyclic esters (lactones) is 1. The van der Waals surface area contributed by atoms with E-state index in [0.29, 0.717) is 25.7 Å². The maximum Gasteiger partial charge on any atom is 0.481 e. The molecule has 22 heteroatoms. The molecule has 77 heavy (non-hydrogen) atoms. The highest BCUT2D eigenvalue weighted by Crippen LogP contribution is 2.60. The largest absolute Gasteiger partial charge is 0.481 e. The summed E-state index contributed by atoms with van der Waals surface area (Å²) >= 11 is 0. The van der Waals surface area contributed by atoms with Crippen LogP contribution in [0.4, 0.5) is 5.82 Å². The number of aliphatic hydroxyl groups is 3. The van der Waals surface area contributed by atoms with Crippen molar-refractivity contribution >= 4 is 39.2 Å². The van der Waals surface area contributed by atoms with Crippen molar-refractivity contribution in [3.05, 3.63) is 95.7 Å². The molecule has 0 radical (unpaired) electrons. The lowest BCUT2D eigenvalue weighted by molar-refractivity contribution is -0.167. The fraction of sp³-hybridized carbons (Fsp3) is 0.655. The molecule has 10 atom stereocenters. The van der Waals surface area contributed by atoms with Crippen LogP contribution in [-0.4, -0.2) is 103 Å². The van der Waals surface area contributed by atoms with Crippen LogP contribution in [0.1, 0.15) is 168 Å². The number of nitrogens with zero attached hydrogens (tertiary/aromatic N) is 2. The molecule has 2 bridgehead atoms. The molecule has 0 spiro atoms. The average Bonchev–Trinajstić information content (AvgIpc) is 3.38. The molecule has 7 N–H and O–H groups in total. The van der Waals surface area contributed by atoms with Gasteiger partial charge < -0.3 is 45.1 Å². The van der Waals surface area contributed by atoms with E-state index in [1.165, 1.54) is 56.2 Å². The van der Waals surface area contributed by atoms with Gasteiger partial charge in [0.1, 0.15) is 30.9 Å². The van der Waals surface area contributed by atoms with E-state index in [2.05, 4.69) is 52.7 Å². The zero-order valence-corrected chi connectivity index (χ0v) is 46.9. The van der Waals surface area contributed by atoms with Crippen LogP contribution in [0.3, 0.4) is 0 Å². The minimum atomic E-state index is -5.69. The molecule has 0 amide bonds. The second-order valence-corrected chi connectivity index (χ2v) is 22.4. The van der Waals surface area contributed by atoms with E-state index in [9.17, 15) is 53.4 Å². The van der Waals surface area contributed by atoms with Crippen molar-refractivity contribution in [2.24, 2.45) is 11.8 Å². The number of aromatic nitrogens is 2. The second-order valence-electron chi connectivity index (χ2n) is 19.4. The van der Waals surface area contributed by atoms with E-state index in [-0.39, 0.29) is 31.5 Å². The third-order valence-corrected chi connectivity index (χ3v) is 15.3. The van der Waals surface area contributed by atoms with Gasteiger partial charge in [-0.25, -0.2) is 13.9 Å². The minimum Gasteiger partial charge on any atom is -0.462 e. The Morgan fingerprint density at radius 2 is 1.45 bits per heavy atom. The van der Waals surface area contributed by atoms with Crippen LogP contribution in [0.25, 0.3) is 0 Å². The summed E-state index contributed by atoms with van der Waals surface area (Å²) in [5.41, 5.74) is 4.84. The molecular weight excluding hydrogens is 1040 g/mol. The predicted molar refractivity (Wildman–Crippen MR) is 293 cm³/mol. The Morgan fingerprint density at radius 3 is 2.13 bits per heavy atom. The molecule has 2 aliphatic rings. The highest BCUT2D eigenvalue weighted by molar-refractivity contribution is 7.61. The highest BCUT2D eigenvalue weighted by Gasteiger charge is 2.42. The molecule has 20 nitrogen and oxygen atoms in total. The van der Waals surface area contributed by atoms with Gasteiger partial charge in [-0.05, 0) is 82.8 Å². The van der Waals surface area contributed by atoms with Gasteiger partial charge in [-0.3, -0.25) is 28.0 Å². The van der Waals surface area contributed by atoms with Crippen LogP contribution in [-0.2, 0) is 51.1 Å². The molecule has 3 heterocycles. The van der Waals surface area contributed by atoms with Crippen LogP contribution in [0, 0.1) is 11.8 Å². The molecule has 2 aliphatic heterocycles. The molecule has 0 fully saturated rings. The van der Waals surface area contributed by atoms with Crippen molar-refractivity contribution in [2.45, 2.75) is 198 Å². The van der Waals surface area contributed by atoms with E-state index < -0.39 is 107 Å². The van der Waals surface area contributed by atoms with E-state index >= 15 is 0 Å². The lowest BCUT2D eigenvalue weighted by Crippen LogP contribution is -2.49. The average molecular weight is 1120 g/mol. The standard InChI is InChI=1S/C55H87N3O17P2/c1-3-5-7-8-9-10-11-12-13-14-15-16-17-18-19-20-21-22-23-29-33-51(62)73-45-40-70-50(61)32-28-25-24-27-30-43-34-37-47(60)46(36-35-44(59)31-26-6-4-2)52(63)53(64)48(42-72-77(68,69)75-76(66,67)71-41-45)74-54(43)58-39-38-49(56)57-55(58)65/h10-11,13-14,16-17,24,27,34-39,43-46,48,52-54,59,63-64H,3-9,12,15,18-23,25-26,28-33,40-42H2,1-2H3,(H,66,67)(H,68,69)(H2,56,57,65)/b11-10-,14-13-,17-16-,27-24-,36-35?,37-34-/t43-,44-,45+,46-,48+,52-,53+,54+/m0/s1. The molecular formula is C55H87N3O17P2. The van der Waals surface area contributed by atoms with Crippen molar-refractivity contribution in [3.63, 3.8) is 0 Å². The number of hydrogen-bond acceptors (Lipinski definition) is 17. The Kier molecular flexibility index (Phi) is 33.5. The fourth-order valence-corrected chi connectivity index (χ4v) is 10.5. The first-order valence-electron chi connectivity index (χ1n) is 27.5. The van der Waals surface area contributed by atoms with Crippen LogP contribution in [0.15, 0.2) is 90.0 Å². The van der Waals surface area contributed by atoms with Crippen LogP contribution in [0.2, 0.25) is 0 Å². The molecule has 3 rings (SSSR count). The Bertz CT molecular complexity index is 2230. The summed E-state index contributed by atoms with van der Waals surface area (Å²) in [6.07, 6.45) is 30.7. The molecule has 1 aromatic heterocycles. The smallest absolute Gasteiger partial charge is 0.462 e. The number of nitrogens with two attached hydrogens (primary N) is 1. The number of anilines is 1. The monoisotopic (exact) mass is 1120 g/mol. The minimum absolute atomic E-state index is 0.00822. The number of hydrogen-bond donors (Lipinski definition) is 6. The summed E-state index contributed by atoms with van der Waals surface area (Å²) in [4.78, 5) is 78.1. The van der Waals surface area contributed by atoms with E-state index in [1.807, 2.05) is 6.92 Å². The summed E-state index contributed by atoms with van der Waals surface area (Å²) < 4.78 is 59.2. The zero-order chi connectivity index (χ0) is 56.3. The number of rotatable bonds is 26. The van der Waals surface area contributed by atoms with Gasteiger partial charge in [-0.15, -0.1) is 0 Å². The molecule has 0 saturated heterocycles. The molecule has 2 unspecified atom stereocenters. The molecule has 434 valence electrons. The van der Waals surface area contributed by atoms with Crippen LogP contribution >= 0.6 is 15.6 Å². The van der Waals surface area contributed by atoms with E-state index in [4.69, 9.17) is 29.0 Å². The predicted octanol–water partition coefficient (Wildman–Crippen LogP) is 9.68. The van der Waals surface area contributed by atoms with Crippen molar-refractivity contribution < 1.29 is 76.2 Å². The molecule has 0 aromatic carbocycles. The Labute approximate surface area is 454 Å². The highest BCUT2D eigenvalue weighted by atomic mass is 31.3. The third-order valence-electron chi connectivity index (χ3n) is 12.7. The number of fused-ring (bicyclic) bond motifs is 3. The van der Waals surface area contributed by atoms with Gasteiger partial charge in [-0.1, -0.05) is 145 Å². The van der Waals surface area contributed by atoms with Crippen LogP contribution in [0.5, 0.6) is 0 Å². The maximum atomic E-state index is 13.8. The number of carbonyl (C=O) groups is 3. The summed E-state index contributed by atoms with van der Waals surface area (Å²) in [5.74, 6) is -4.71. The van der Waals surface area contributed by atoms with Gasteiger partial charge in [0, 0.05) is 25.0 Å². The zero-order valence-electron chi connectivity index (χ0n) is 45.1. The van der Waals surface area contributed by atoms with Gasteiger partial charge in [-0.2, -0.15) is 9.29 Å². The number of ketones is 1. The van der Waals surface area contributed by atoms with Crippen molar-refractivity contribution in [3.8, 4) is 0 Å². The topological polar surface area (TPSA) is 303 Å². The quantitative estimate of drug-likeness (QED) is 0.0218. The number of allylic oxidation sites excluding steroid dienone is 9. The second kappa shape index (κ2) is 38.4. The number of ether oxygens (including phenoxy) is 3. The Morgan fingerprint density at radius 1 is 0.831 bits per heavy atom. The number of aliphatic hydroxyl groups excluding tert-OH is 3. The number of unbranched alkanes of at least 4 members (excludes halogenated alkanes) is 12. The lowest BCUT2D eigenvalue weighted by atomic mass is 9.88. The first-order chi connectivity index (χ1) is 36.9. The van der Waals surface area contributed by atoms with E-state index in [1.54, 1.807) is 12.2 Å². The Balaban J connectivity index is 1.69. The Hall–Kier alpha value is -4.17. The van der Waals surface area contributed by atoms with Gasteiger partial charge in [0.15, 0.2) is 11.9 Å². The molecule has 0 saturated carbocycles. The number of esters is 2. The van der Waals surface area contributed by atoms with Crippen LogP contribution < -0.4 is 11.4 Å². The number of phosphoric acid groups is 2. The third kappa shape index (κ3) is 29.0. The van der Waals surface area contributed by atoms with Gasteiger partial charge in [0.25, 0.3) is 0 Å².